The zero-order valence-corrected chi connectivity index (χ0v) is 9.17. The summed E-state index contributed by atoms with van der Waals surface area (Å²) in [4.78, 5) is 12.7. The van der Waals surface area contributed by atoms with Crippen LogP contribution < -0.4 is 10.2 Å². The van der Waals surface area contributed by atoms with Gasteiger partial charge in [-0.3, -0.25) is 4.79 Å². The summed E-state index contributed by atoms with van der Waals surface area (Å²) in [6.07, 6.45) is 0. The minimum atomic E-state index is -0.114. The van der Waals surface area contributed by atoms with Gasteiger partial charge in [0, 0.05) is 10.1 Å². The largest absolute Gasteiger partial charge is 0.497 e. The van der Waals surface area contributed by atoms with Crippen LogP contribution in [0.25, 0.3) is 20.4 Å². The molecule has 0 radical (unpaired) electrons. The Bertz CT molecular complexity index is 732. The first-order valence-corrected chi connectivity index (χ1v) is 5.42. The van der Waals surface area contributed by atoms with Crippen LogP contribution in [0.15, 0.2) is 23.0 Å². The van der Waals surface area contributed by atoms with Gasteiger partial charge in [0.15, 0.2) is 10.3 Å². The van der Waals surface area contributed by atoms with E-state index in [1.54, 1.807) is 13.2 Å². The molecular formula is C10H7N3O2S. The van der Waals surface area contributed by atoms with Crippen LogP contribution in [0.1, 0.15) is 0 Å². The minimum absolute atomic E-state index is 0.114. The van der Waals surface area contributed by atoms with Crippen LogP contribution in [-0.4, -0.2) is 22.5 Å². The molecule has 2 heterocycles. The third-order valence-electron chi connectivity index (χ3n) is 2.37. The highest BCUT2D eigenvalue weighted by Crippen LogP contribution is 2.24. The second-order valence-corrected chi connectivity index (χ2v) is 4.30. The van der Waals surface area contributed by atoms with Crippen LogP contribution in [-0.2, 0) is 0 Å². The fourth-order valence-corrected chi connectivity index (χ4v) is 2.50. The van der Waals surface area contributed by atoms with Gasteiger partial charge in [-0.15, -0.1) is 16.4 Å². The molecular weight excluding hydrogens is 226 g/mol. The number of rotatable bonds is 1. The molecule has 16 heavy (non-hydrogen) atoms. The highest BCUT2D eigenvalue weighted by Gasteiger charge is 2.09. The Balaban J connectivity index is 2.52. The molecule has 0 fully saturated rings. The van der Waals surface area contributed by atoms with Gasteiger partial charge in [-0.25, -0.2) is 0 Å². The molecule has 0 saturated carbocycles. The van der Waals surface area contributed by atoms with Gasteiger partial charge < -0.3 is 4.74 Å². The van der Waals surface area contributed by atoms with Crippen LogP contribution in [0.5, 0.6) is 5.75 Å². The van der Waals surface area contributed by atoms with E-state index in [9.17, 15) is 4.79 Å². The molecule has 0 spiro atoms. The SMILES string of the molecule is COc1ccc2sc3n[nH]nc3c(=O)c2c1. The summed E-state index contributed by atoms with van der Waals surface area (Å²) >= 11 is 1.43. The van der Waals surface area contributed by atoms with Gasteiger partial charge in [-0.2, -0.15) is 10.3 Å². The van der Waals surface area contributed by atoms with Crippen LogP contribution in [0.2, 0.25) is 0 Å². The van der Waals surface area contributed by atoms with E-state index in [-0.39, 0.29) is 5.43 Å². The molecule has 0 aliphatic carbocycles. The van der Waals surface area contributed by atoms with Gasteiger partial charge in [0.1, 0.15) is 5.75 Å². The van der Waals surface area contributed by atoms with Crippen molar-refractivity contribution in [1.29, 1.82) is 0 Å². The number of methoxy groups -OCH3 is 1. The van der Waals surface area contributed by atoms with E-state index in [1.165, 1.54) is 11.3 Å². The number of hydrogen-bond acceptors (Lipinski definition) is 5. The number of aromatic amines is 1. The van der Waals surface area contributed by atoms with Crippen LogP contribution in [0, 0.1) is 0 Å². The van der Waals surface area contributed by atoms with Crippen molar-refractivity contribution in [3.05, 3.63) is 28.4 Å². The van der Waals surface area contributed by atoms with Crippen molar-refractivity contribution in [2.24, 2.45) is 0 Å². The zero-order chi connectivity index (χ0) is 11.1. The standard InChI is InChI=1S/C10H7N3O2S/c1-15-5-2-3-7-6(4-5)9(14)8-10(16-7)12-13-11-8/h2-4H,1H3,(H,11,12,13). The lowest BCUT2D eigenvalue weighted by atomic mass is 10.2. The smallest absolute Gasteiger partial charge is 0.217 e. The van der Waals surface area contributed by atoms with Crippen molar-refractivity contribution in [2.75, 3.05) is 7.11 Å². The third-order valence-corrected chi connectivity index (χ3v) is 3.42. The summed E-state index contributed by atoms with van der Waals surface area (Å²) < 4.78 is 5.97. The highest BCUT2D eigenvalue weighted by molar-refractivity contribution is 7.24. The summed E-state index contributed by atoms with van der Waals surface area (Å²) in [6, 6.07) is 5.40. The molecule has 80 valence electrons. The maximum Gasteiger partial charge on any atom is 0.217 e. The summed E-state index contributed by atoms with van der Waals surface area (Å²) in [6.45, 7) is 0. The molecule has 0 atom stereocenters. The molecule has 0 aliphatic rings. The van der Waals surface area contributed by atoms with Gasteiger partial charge in [-0.1, -0.05) is 0 Å². The molecule has 1 aromatic carbocycles. The fourth-order valence-electron chi connectivity index (χ4n) is 1.57. The molecule has 3 rings (SSSR count). The summed E-state index contributed by atoms with van der Waals surface area (Å²) in [5.41, 5.74) is 0.266. The quantitative estimate of drug-likeness (QED) is 0.692. The molecule has 2 aromatic heterocycles. The average Bonchev–Trinajstić information content (AvgIpc) is 2.77. The minimum Gasteiger partial charge on any atom is -0.497 e. The van der Waals surface area contributed by atoms with Crippen molar-refractivity contribution in [3.8, 4) is 5.75 Å². The van der Waals surface area contributed by atoms with Crippen LogP contribution in [0.4, 0.5) is 0 Å². The Morgan fingerprint density at radius 1 is 1.38 bits per heavy atom. The highest BCUT2D eigenvalue weighted by atomic mass is 32.1. The van der Waals surface area contributed by atoms with Gasteiger partial charge in [0.05, 0.1) is 7.11 Å². The molecule has 0 aliphatic heterocycles. The van der Waals surface area contributed by atoms with E-state index in [2.05, 4.69) is 15.4 Å². The normalized spacial score (nSPS) is 11.1. The van der Waals surface area contributed by atoms with Crippen molar-refractivity contribution in [2.45, 2.75) is 0 Å². The molecule has 0 amide bonds. The van der Waals surface area contributed by atoms with E-state index in [4.69, 9.17) is 4.74 Å². The van der Waals surface area contributed by atoms with Gasteiger partial charge in [0.25, 0.3) is 0 Å². The molecule has 0 bridgehead atoms. The predicted octanol–water partition coefficient (Wildman–Crippen LogP) is 1.54. The first-order chi connectivity index (χ1) is 7.79. The lowest BCUT2D eigenvalue weighted by Crippen LogP contribution is -2.01. The van der Waals surface area contributed by atoms with E-state index < -0.39 is 0 Å². The lowest BCUT2D eigenvalue weighted by molar-refractivity contribution is 0.415. The Kier molecular flexibility index (Phi) is 1.90. The van der Waals surface area contributed by atoms with Crippen molar-refractivity contribution in [1.82, 2.24) is 15.4 Å². The third kappa shape index (κ3) is 1.20. The molecule has 5 nitrogen and oxygen atoms in total. The molecule has 3 aromatic rings. The molecule has 6 heteroatoms. The fraction of sp³-hybridized carbons (Fsp3) is 0.100. The molecule has 0 unspecified atom stereocenters. The maximum atomic E-state index is 12.0. The monoisotopic (exact) mass is 233 g/mol. The first-order valence-electron chi connectivity index (χ1n) is 4.61. The number of aromatic nitrogens is 3. The van der Waals surface area contributed by atoms with Gasteiger partial charge in [-0.05, 0) is 18.2 Å². The number of nitrogens with zero attached hydrogens (tertiary/aromatic N) is 2. The predicted molar refractivity (Wildman–Crippen MR) is 62.1 cm³/mol. The second kappa shape index (κ2) is 3.28. The molecule has 0 saturated heterocycles. The number of ether oxygens (including phenoxy) is 1. The Morgan fingerprint density at radius 3 is 3.06 bits per heavy atom. The van der Waals surface area contributed by atoms with E-state index in [0.29, 0.717) is 21.5 Å². The zero-order valence-electron chi connectivity index (χ0n) is 8.35. The van der Waals surface area contributed by atoms with Gasteiger partial charge in [0.2, 0.25) is 5.43 Å². The van der Waals surface area contributed by atoms with E-state index in [0.717, 1.165) is 4.70 Å². The summed E-state index contributed by atoms with van der Waals surface area (Å²) in [7, 11) is 1.57. The second-order valence-electron chi connectivity index (χ2n) is 3.27. The Hall–Kier alpha value is -1.95. The van der Waals surface area contributed by atoms with Gasteiger partial charge >= 0.3 is 0 Å². The number of nitrogens with one attached hydrogen (secondary N) is 1. The average molecular weight is 233 g/mol. The van der Waals surface area contributed by atoms with Crippen LogP contribution >= 0.6 is 11.3 Å². The number of H-pyrrole nitrogens is 1. The summed E-state index contributed by atoms with van der Waals surface area (Å²) in [5.74, 6) is 0.666. The first kappa shape index (κ1) is 9.29. The number of fused-ring (bicyclic) bond motifs is 2. The van der Waals surface area contributed by atoms with Crippen molar-refractivity contribution >= 4 is 31.8 Å². The lowest BCUT2D eigenvalue weighted by Gasteiger charge is -2.00. The van der Waals surface area contributed by atoms with Crippen molar-refractivity contribution in [3.63, 3.8) is 0 Å². The summed E-state index contributed by atoms with van der Waals surface area (Å²) in [5, 5.41) is 10.8. The number of hydrogen-bond donors (Lipinski definition) is 1. The van der Waals surface area contributed by atoms with E-state index in [1.807, 2.05) is 12.1 Å². The Morgan fingerprint density at radius 2 is 2.25 bits per heavy atom. The van der Waals surface area contributed by atoms with Crippen molar-refractivity contribution < 1.29 is 4.74 Å². The Labute approximate surface area is 93.7 Å². The topological polar surface area (TPSA) is 67.9 Å². The molecule has 1 N–H and O–H groups in total. The van der Waals surface area contributed by atoms with Crippen LogP contribution in [0.3, 0.4) is 0 Å². The maximum absolute atomic E-state index is 12.0. The van der Waals surface area contributed by atoms with E-state index >= 15 is 0 Å². The number of benzene rings is 1.